The molecule has 1 aliphatic heterocycles. The van der Waals surface area contributed by atoms with Gasteiger partial charge >= 0.3 is 6.09 Å². The van der Waals surface area contributed by atoms with E-state index >= 15 is 0 Å². The van der Waals surface area contributed by atoms with Crippen molar-refractivity contribution in [1.82, 2.24) is 15.2 Å². The number of ether oxygens (including phenoxy) is 3. The predicted octanol–water partition coefficient (Wildman–Crippen LogP) is 1.98. The van der Waals surface area contributed by atoms with Gasteiger partial charge in [-0.05, 0) is 20.8 Å². The first-order valence-corrected chi connectivity index (χ1v) is 7.63. The number of hydrogen-bond donors (Lipinski definition) is 1. The molecule has 128 valence electrons. The summed E-state index contributed by atoms with van der Waals surface area (Å²) in [7, 11) is 3.17. The van der Waals surface area contributed by atoms with Crippen molar-refractivity contribution in [2.24, 2.45) is 0 Å². The van der Waals surface area contributed by atoms with Gasteiger partial charge in [-0.1, -0.05) is 0 Å². The number of hydrogen-bond acceptors (Lipinski definition) is 6. The van der Waals surface area contributed by atoms with Gasteiger partial charge in [-0.25, -0.2) is 9.78 Å². The van der Waals surface area contributed by atoms with E-state index in [1.165, 1.54) is 0 Å². The van der Waals surface area contributed by atoms with E-state index < -0.39 is 5.60 Å². The number of nitrogens with one attached hydrogen (secondary N) is 1. The lowest BCUT2D eigenvalue weighted by Crippen LogP contribution is -2.49. The fourth-order valence-corrected chi connectivity index (χ4v) is 2.44. The van der Waals surface area contributed by atoms with Gasteiger partial charge in [0.1, 0.15) is 11.4 Å². The third-order valence-electron chi connectivity index (χ3n) is 3.50. The molecule has 1 amide bonds. The number of methoxy groups -OCH3 is 2. The van der Waals surface area contributed by atoms with E-state index in [1.807, 2.05) is 26.8 Å². The van der Waals surface area contributed by atoms with Gasteiger partial charge in [0.05, 0.1) is 26.5 Å². The third kappa shape index (κ3) is 4.48. The van der Waals surface area contributed by atoms with E-state index in [0.717, 1.165) is 5.56 Å². The molecule has 0 radical (unpaired) electrons. The molecule has 1 fully saturated rings. The highest BCUT2D eigenvalue weighted by Crippen LogP contribution is 2.29. The van der Waals surface area contributed by atoms with Crippen LogP contribution in [0.25, 0.3) is 0 Å². The number of carbonyl (C=O) groups excluding carboxylic acids is 1. The summed E-state index contributed by atoms with van der Waals surface area (Å²) in [5.74, 6) is 1.17. The molecule has 7 heteroatoms. The van der Waals surface area contributed by atoms with Crippen LogP contribution in [-0.2, 0) is 4.74 Å². The summed E-state index contributed by atoms with van der Waals surface area (Å²) >= 11 is 0. The number of aromatic nitrogens is 1. The molecule has 1 N–H and O–H groups in total. The van der Waals surface area contributed by atoms with Gasteiger partial charge in [0.15, 0.2) is 0 Å². The number of pyridine rings is 1. The highest BCUT2D eigenvalue weighted by molar-refractivity contribution is 5.68. The number of amides is 1. The van der Waals surface area contributed by atoms with Crippen molar-refractivity contribution in [3.8, 4) is 11.6 Å². The average molecular weight is 323 g/mol. The van der Waals surface area contributed by atoms with E-state index in [4.69, 9.17) is 14.2 Å². The van der Waals surface area contributed by atoms with Gasteiger partial charge < -0.3 is 24.4 Å². The maximum atomic E-state index is 12.3. The van der Waals surface area contributed by atoms with Crippen molar-refractivity contribution in [3.05, 3.63) is 17.8 Å². The zero-order valence-electron chi connectivity index (χ0n) is 14.4. The Morgan fingerprint density at radius 1 is 1.35 bits per heavy atom. The fourth-order valence-electron chi connectivity index (χ4n) is 2.44. The van der Waals surface area contributed by atoms with Gasteiger partial charge in [-0.15, -0.1) is 0 Å². The summed E-state index contributed by atoms with van der Waals surface area (Å²) < 4.78 is 16.0. The van der Waals surface area contributed by atoms with Crippen molar-refractivity contribution in [3.63, 3.8) is 0 Å². The minimum absolute atomic E-state index is 0.0666. The molecule has 1 unspecified atom stereocenters. The van der Waals surface area contributed by atoms with Crippen LogP contribution >= 0.6 is 0 Å². The Morgan fingerprint density at radius 3 is 2.70 bits per heavy atom. The molecular weight excluding hydrogens is 298 g/mol. The van der Waals surface area contributed by atoms with Crippen LogP contribution in [0, 0.1) is 0 Å². The summed E-state index contributed by atoms with van der Waals surface area (Å²) in [4.78, 5) is 18.1. The van der Waals surface area contributed by atoms with Crippen LogP contribution in [0.1, 0.15) is 32.4 Å². The van der Waals surface area contributed by atoms with Gasteiger partial charge in [0, 0.05) is 31.3 Å². The van der Waals surface area contributed by atoms with Gasteiger partial charge in [-0.2, -0.15) is 0 Å². The van der Waals surface area contributed by atoms with Crippen LogP contribution in [0.5, 0.6) is 11.6 Å². The van der Waals surface area contributed by atoms with Crippen molar-refractivity contribution in [1.29, 1.82) is 0 Å². The highest BCUT2D eigenvalue weighted by Gasteiger charge is 2.29. The maximum absolute atomic E-state index is 12.3. The largest absolute Gasteiger partial charge is 0.495 e. The Kier molecular flexibility index (Phi) is 5.30. The standard InChI is InChI=1S/C16H25N3O4/c1-16(2,3)23-15(20)19-7-6-17-12(10-19)11-8-14(22-5)18-9-13(11)21-4/h8-9,12,17H,6-7,10H2,1-5H3. The fraction of sp³-hybridized carbons (Fsp3) is 0.625. The van der Waals surface area contributed by atoms with Crippen LogP contribution in [0.4, 0.5) is 4.79 Å². The summed E-state index contributed by atoms with van der Waals surface area (Å²) in [6, 6.07) is 1.76. The van der Waals surface area contributed by atoms with E-state index in [0.29, 0.717) is 31.3 Å². The van der Waals surface area contributed by atoms with Gasteiger partial charge in [0.2, 0.25) is 5.88 Å². The van der Waals surface area contributed by atoms with Gasteiger partial charge in [-0.3, -0.25) is 0 Å². The number of nitrogens with zero attached hydrogens (tertiary/aromatic N) is 2. The molecule has 23 heavy (non-hydrogen) atoms. The first-order valence-electron chi connectivity index (χ1n) is 7.63. The first-order chi connectivity index (χ1) is 10.8. The molecule has 0 bridgehead atoms. The first kappa shape index (κ1) is 17.3. The summed E-state index contributed by atoms with van der Waals surface area (Å²) in [6.45, 7) is 7.37. The van der Waals surface area contributed by atoms with Crippen LogP contribution in [0.2, 0.25) is 0 Å². The SMILES string of the molecule is COc1cc(C2CN(C(=O)OC(C)(C)C)CCN2)c(OC)cn1. The van der Waals surface area contributed by atoms with Crippen LogP contribution in [-0.4, -0.2) is 55.4 Å². The quantitative estimate of drug-likeness (QED) is 0.917. The molecule has 1 saturated heterocycles. The third-order valence-corrected chi connectivity index (χ3v) is 3.50. The average Bonchev–Trinajstić information content (AvgIpc) is 2.52. The molecule has 2 heterocycles. The van der Waals surface area contributed by atoms with Crippen molar-refractivity contribution in [2.75, 3.05) is 33.9 Å². The maximum Gasteiger partial charge on any atom is 0.410 e. The summed E-state index contributed by atoms with van der Waals surface area (Å²) in [5.41, 5.74) is 0.405. The predicted molar refractivity (Wildman–Crippen MR) is 85.9 cm³/mol. The van der Waals surface area contributed by atoms with Crippen LogP contribution in [0.15, 0.2) is 12.3 Å². The molecule has 7 nitrogen and oxygen atoms in total. The normalized spacial score (nSPS) is 18.5. The zero-order valence-corrected chi connectivity index (χ0v) is 14.4. The smallest absolute Gasteiger partial charge is 0.410 e. The number of rotatable bonds is 3. The molecule has 0 spiro atoms. The van der Waals surface area contributed by atoms with Crippen molar-refractivity contribution in [2.45, 2.75) is 32.4 Å². The van der Waals surface area contributed by atoms with Crippen molar-refractivity contribution < 1.29 is 19.0 Å². The lowest BCUT2D eigenvalue weighted by molar-refractivity contribution is 0.0194. The van der Waals surface area contributed by atoms with E-state index in [-0.39, 0.29) is 12.1 Å². The second kappa shape index (κ2) is 7.04. The second-order valence-corrected chi connectivity index (χ2v) is 6.40. The summed E-state index contributed by atoms with van der Waals surface area (Å²) in [5, 5.41) is 3.40. The number of carbonyl (C=O) groups is 1. The molecule has 2 rings (SSSR count). The van der Waals surface area contributed by atoms with E-state index in [2.05, 4.69) is 10.3 Å². The second-order valence-electron chi connectivity index (χ2n) is 6.40. The minimum atomic E-state index is -0.505. The van der Waals surface area contributed by atoms with E-state index in [9.17, 15) is 4.79 Å². The Balaban J connectivity index is 2.16. The minimum Gasteiger partial charge on any atom is -0.495 e. The van der Waals surface area contributed by atoms with Crippen LogP contribution in [0.3, 0.4) is 0 Å². The molecule has 0 saturated carbocycles. The van der Waals surface area contributed by atoms with E-state index in [1.54, 1.807) is 25.3 Å². The molecule has 1 atom stereocenters. The Morgan fingerprint density at radius 2 is 2.09 bits per heavy atom. The molecule has 0 aliphatic carbocycles. The molecule has 1 aromatic heterocycles. The molecule has 1 aromatic rings. The monoisotopic (exact) mass is 323 g/mol. The summed E-state index contributed by atoms with van der Waals surface area (Å²) in [6.07, 6.45) is 1.33. The number of piperazine rings is 1. The van der Waals surface area contributed by atoms with Gasteiger partial charge in [0.25, 0.3) is 0 Å². The van der Waals surface area contributed by atoms with Crippen LogP contribution < -0.4 is 14.8 Å². The lowest BCUT2D eigenvalue weighted by Gasteiger charge is -2.35. The molecule has 1 aliphatic rings. The topological polar surface area (TPSA) is 72.9 Å². The Bertz CT molecular complexity index is 557. The zero-order chi connectivity index (χ0) is 17.0. The lowest BCUT2D eigenvalue weighted by atomic mass is 10.0. The molecule has 0 aromatic carbocycles. The van der Waals surface area contributed by atoms with Crippen molar-refractivity contribution >= 4 is 6.09 Å². The molecular formula is C16H25N3O4. The highest BCUT2D eigenvalue weighted by atomic mass is 16.6. The Labute approximate surface area is 136 Å². The Hall–Kier alpha value is -2.02.